The van der Waals surface area contributed by atoms with Gasteiger partial charge in [0.1, 0.15) is 0 Å². The summed E-state index contributed by atoms with van der Waals surface area (Å²) in [6.45, 7) is 8.22. The van der Waals surface area contributed by atoms with Crippen LogP contribution in [0.15, 0.2) is 30.3 Å². The highest BCUT2D eigenvalue weighted by atomic mass is 14.9. The third-order valence-corrected chi connectivity index (χ3v) is 4.88. The molecule has 1 aliphatic rings. The molecule has 1 fully saturated rings. The van der Waals surface area contributed by atoms with Crippen molar-refractivity contribution in [1.82, 2.24) is 5.32 Å². The second-order valence-corrected chi connectivity index (χ2v) is 6.37. The molecule has 1 N–H and O–H groups in total. The highest BCUT2D eigenvalue weighted by Gasteiger charge is 2.30. The zero-order chi connectivity index (χ0) is 13.7. The minimum atomic E-state index is 0.552. The van der Waals surface area contributed by atoms with Crippen LogP contribution in [0.1, 0.15) is 58.1 Å². The predicted octanol–water partition coefficient (Wildman–Crippen LogP) is 4.80. The fourth-order valence-corrected chi connectivity index (χ4v) is 3.41. The summed E-state index contributed by atoms with van der Waals surface area (Å²) in [7, 11) is 0. The quantitative estimate of drug-likeness (QED) is 0.801. The van der Waals surface area contributed by atoms with Crippen molar-refractivity contribution in [2.24, 2.45) is 17.8 Å². The van der Waals surface area contributed by atoms with Gasteiger partial charge in [0.15, 0.2) is 0 Å². The highest BCUT2D eigenvalue weighted by Crippen LogP contribution is 2.39. The van der Waals surface area contributed by atoms with Crippen LogP contribution in [0.5, 0.6) is 0 Å². The van der Waals surface area contributed by atoms with E-state index in [2.05, 4.69) is 56.4 Å². The second-order valence-electron chi connectivity index (χ2n) is 6.37. The van der Waals surface area contributed by atoms with E-state index in [9.17, 15) is 0 Å². The fourth-order valence-electron chi connectivity index (χ4n) is 3.41. The van der Waals surface area contributed by atoms with E-state index in [4.69, 9.17) is 0 Å². The van der Waals surface area contributed by atoms with E-state index < -0.39 is 0 Å². The van der Waals surface area contributed by atoms with E-state index in [-0.39, 0.29) is 0 Å². The molecule has 4 unspecified atom stereocenters. The molecule has 2 rings (SSSR count). The lowest BCUT2D eigenvalue weighted by molar-refractivity contribution is 0.171. The maximum absolute atomic E-state index is 3.79. The zero-order valence-corrected chi connectivity index (χ0v) is 12.7. The summed E-state index contributed by atoms with van der Waals surface area (Å²) in [5, 5.41) is 3.79. The number of hydrogen-bond acceptors (Lipinski definition) is 1. The standard InChI is InChI=1S/C18H29N/c1-4-12-19-18(16-8-6-5-7-9-16)17-11-10-14(2)15(3)13-17/h5-9,14-15,17-19H,4,10-13H2,1-3H3. The third kappa shape index (κ3) is 3.82. The molecule has 19 heavy (non-hydrogen) atoms. The van der Waals surface area contributed by atoms with Crippen molar-refractivity contribution >= 4 is 0 Å². The summed E-state index contributed by atoms with van der Waals surface area (Å²) >= 11 is 0. The first kappa shape index (κ1) is 14.6. The van der Waals surface area contributed by atoms with Gasteiger partial charge < -0.3 is 5.32 Å². The maximum atomic E-state index is 3.79. The molecule has 1 aromatic rings. The van der Waals surface area contributed by atoms with E-state index in [0.29, 0.717) is 6.04 Å². The molecule has 1 heteroatoms. The van der Waals surface area contributed by atoms with Crippen molar-refractivity contribution < 1.29 is 0 Å². The number of benzene rings is 1. The average molecular weight is 259 g/mol. The van der Waals surface area contributed by atoms with Gasteiger partial charge in [0.05, 0.1) is 0 Å². The van der Waals surface area contributed by atoms with Crippen molar-refractivity contribution in [3.63, 3.8) is 0 Å². The molecule has 0 aromatic heterocycles. The predicted molar refractivity (Wildman–Crippen MR) is 83.1 cm³/mol. The van der Waals surface area contributed by atoms with Gasteiger partial charge in [-0.15, -0.1) is 0 Å². The average Bonchev–Trinajstić information content (AvgIpc) is 2.44. The lowest BCUT2D eigenvalue weighted by Crippen LogP contribution is -2.33. The van der Waals surface area contributed by atoms with E-state index in [1.54, 1.807) is 0 Å². The Morgan fingerprint density at radius 1 is 1.11 bits per heavy atom. The number of nitrogens with one attached hydrogen (secondary N) is 1. The normalized spacial score (nSPS) is 29.1. The van der Waals surface area contributed by atoms with E-state index in [1.807, 2.05) is 0 Å². The van der Waals surface area contributed by atoms with Gasteiger partial charge in [0, 0.05) is 6.04 Å². The van der Waals surface area contributed by atoms with Crippen molar-refractivity contribution in [1.29, 1.82) is 0 Å². The van der Waals surface area contributed by atoms with E-state index in [0.717, 1.165) is 24.3 Å². The monoisotopic (exact) mass is 259 g/mol. The summed E-state index contributed by atoms with van der Waals surface area (Å²) in [5.41, 5.74) is 1.47. The first-order valence-electron chi connectivity index (χ1n) is 8.00. The van der Waals surface area contributed by atoms with Gasteiger partial charge in [-0.1, -0.05) is 57.5 Å². The van der Waals surface area contributed by atoms with Crippen LogP contribution >= 0.6 is 0 Å². The molecular weight excluding hydrogens is 230 g/mol. The summed E-state index contributed by atoms with van der Waals surface area (Å²) < 4.78 is 0. The summed E-state index contributed by atoms with van der Waals surface area (Å²) in [5.74, 6) is 2.58. The number of hydrogen-bond donors (Lipinski definition) is 1. The second kappa shape index (κ2) is 7.09. The van der Waals surface area contributed by atoms with Crippen LogP contribution in [0.3, 0.4) is 0 Å². The molecule has 0 aliphatic heterocycles. The number of rotatable bonds is 5. The molecule has 1 saturated carbocycles. The molecule has 0 amide bonds. The molecule has 1 aliphatic carbocycles. The van der Waals surface area contributed by atoms with Gasteiger partial charge >= 0.3 is 0 Å². The lowest BCUT2D eigenvalue weighted by Gasteiger charge is -2.37. The molecule has 4 atom stereocenters. The van der Waals surface area contributed by atoms with Crippen molar-refractivity contribution in [3.8, 4) is 0 Å². The zero-order valence-electron chi connectivity index (χ0n) is 12.7. The summed E-state index contributed by atoms with van der Waals surface area (Å²) in [4.78, 5) is 0. The largest absolute Gasteiger partial charge is 0.310 e. The van der Waals surface area contributed by atoms with Crippen molar-refractivity contribution in [2.45, 2.75) is 52.5 Å². The Morgan fingerprint density at radius 3 is 2.47 bits per heavy atom. The fraction of sp³-hybridized carbons (Fsp3) is 0.667. The van der Waals surface area contributed by atoms with Crippen LogP contribution in [0.2, 0.25) is 0 Å². The molecule has 1 aromatic carbocycles. The Labute approximate surface area is 118 Å². The summed E-state index contributed by atoms with van der Waals surface area (Å²) in [6.07, 6.45) is 5.35. The van der Waals surface area contributed by atoms with E-state index >= 15 is 0 Å². The van der Waals surface area contributed by atoms with Crippen LogP contribution in [0.4, 0.5) is 0 Å². The summed E-state index contributed by atoms with van der Waals surface area (Å²) in [6, 6.07) is 11.6. The smallest absolute Gasteiger partial charge is 0.0348 e. The third-order valence-electron chi connectivity index (χ3n) is 4.88. The minimum absolute atomic E-state index is 0.552. The minimum Gasteiger partial charge on any atom is -0.310 e. The first-order valence-corrected chi connectivity index (χ1v) is 8.00. The molecule has 0 saturated heterocycles. The van der Waals surface area contributed by atoms with Crippen LogP contribution in [-0.4, -0.2) is 6.54 Å². The van der Waals surface area contributed by atoms with Crippen LogP contribution < -0.4 is 5.32 Å². The Kier molecular flexibility index (Phi) is 5.45. The van der Waals surface area contributed by atoms with Crippen molar-refractivity contribution in [3.05, 3.63) is 35.9 Å². The molecule has 0 heterocycles. The Hall–Kier alpha value is -0.820. The molecule has 1 nitrogen and oxygen atoms in total. The SMILES string of the molecule is CCCNC(c1ccccc1)C1CCC(C)C(C)C1. The Bertz CT molecular complexity index is 359. The Balaban J connectivity index is 2.09. The molecule has 0 radical (unpaired) electrons. The van der Waals surface area contributed by atoms with Gasteiger partial charge in [-0.05, 0) is 49.1 Å². The van der Waals surface area contributed by atoms with Crippen LogP contribution in [0, 0.1) is 17.8 Å². The molecular formula is C18H29N. The first-order chi connectivity index (χ1) is 9.22. The van der Waals surface area contributed by atoms with Crippen LogP contribution in [-0.2, 0) is 0 Å². The topological polar surface area (TPSA) is 12.0 Å². The highest BCUT2D eigenvalue weighted by molar-refractivity contribution is 5.20. The molecule has 0 spiro atoms. The van der Waals surface area contributed by atoms with Gasteiger partial charge in [0.2, 0.25) is 0 Å². The van der Waals surface area contributed by atoms with Crippen molar-refractivity contribution in [2.75, 3.05) is 6.54 Å². The van der Waals surface area contributed by atoms with Gasteiger partial charge in [-0.25, -0.2) is 0 Å². The van der Waals surface area contributed by atoms with E-state index in [1.165, 1.54) is 31.2 Å². The molecule has 106 valence electrons. The lowest BCUT2D eigenvalue weighted by atomic mass is 9.72. The molecule has 0 bridgehead atoms. The Morgan fingerprint density at radius 2 is 1.84 bits per heavy atom. The van der Waals surface area contributed by atoms with Crippen LogP contribution in [0.25, 0.3) is 0 Å². The van der Waals surface area contributed by atoms with Gasteiger partial charge in [-0.2, -0.15) is 0 Å². The maximum Gasteiger partial charge on any atom is 0.0348 e. The van der Waals surface area contributed by atoms with Gasteiger partial charge in [-0.3, -0.25) is 0 Å². The van der Waals surface area contributed by atoms with Gasteiger partial charge in [0.25, 0.3) is 0 Å².